The second kappa shape index (κ2) is 9.05. The molecule has 4 heteroatoms. The van der Waals surface area contributed by atoms with E-state index in [-0.39, 0.29) is 0 Å². The molecule has 2 aromatic carbocycles. The summed E-state index contributed by atoms with van der Waals surface area (Å²) in [6, 6.07) is 18.4. The molecule has 0 radical (unpaired) electrons. The molecule has 3 nitrogen and oxygen atoms in total. The summed E-state index contributed by atoms with van der Waals surface area (Å²) in [6.07, 6.45) is 6.52. The van der Waals surface area contributed by atoms with Crippen molar-refractivity contribution in [3.05, 3.63) is 65.7 Å². The van der Waals surface area contributed by atoms with E-state index in [1.165, 1.54) is 5.56 Å². The van der Waals surface area contributed by atoms with E-state index in [1.807, 2.05) is 43.3 Å². The van der Waals surface area contributed by atoms with Crippen LogP contribution in [0.5, 0.6) is 5.75 Å². The predicted molar refractivity (Wildman–Crippen MR) is 93.7 cm³/mol. The number of hydrogen-bond donors (Lipinski definition) is 0. The highest BCUT2D eigenvalue weighted by Gasteiger charge is 1.92. The van der Waals surface area contributed by atoms with Crippen LogP contribution in [0.2, 0.25) is 0 Å². The molecule has 0 unspecified atom stereocenters. The van der Waals surface area contributed by atoms with Gasteiger partial charge in [-0.15, -0.1) is 0 Å². The molecule has 0 aliphatic rings. The molecule has 0 aromatic heterocycles. The maximum absolute atomic E-state index is 9.63. The van der Waals surface area contributed by atoms with Crippen LogP contribution in [0.1, 0.15) is 18.1 Å². The van der Waals surface area contributed by atoms with Crippen molar-refractivity contribution in [3.63, 3.8) is 0 Å². The second-order valence-electron chi connectivity index (χ2n) is 4.89. The van der Waals surface area contributed by atoms with Crippen molar-refractivity contribution >= 4 is 22.0 Å². The summed E-state index contributed by atoms with van der Waals surface area (Å²) in [6.45, 7) is 2.69. The largest absolute Gasteiger partial charge is 0.494 e. The van der Waals surface area contributed by atoms with Gasteiger partial charge in [-0.1, -0.05) is 54.6 Å². The van der Waals surface area contributed by atoms with E-state index in [2.05, 4.69) is 30.4 Å². The third kappa shape index (κ3) is 8.97. The number of hydrogen-bond acceptors (Lipinski definition) is 3. The van der Waals surface area contributed by atoms with Crippen LogP contribution in [0.3, 0.4) is 0 Å². The number of rotatable bonds is 4. The van der Waals surface area contributed by atoms with Crippen molar-refractivity contribution in [1.82, 2.24) is 0 Å². The highest BCUT2D eigenvalue weighted by molar-refractivity contribution is 7.89. The molecule has 0 heterocycles. The monoisotopic (exact) mass is 318 g/mol. The first-order valence-corrected chi connectivity index (χ1v) is 9.29. The summed E-state index contributed by atoms with van der Waals surface area (Å²) < 4.78 is 24.7. The Balaban J connectivity index is 0.000000422. The lowest BCUT2D eigenvalue weighted by atomic mass is 10.1. The minimum absolute atomic E-state index is 0.700. The van der Waals surface area contributed by atoms with Gasteiger partial charge < -0.3 is 4.74 Å². The summed E-state index contributed by atoms with van der Waals surface area (Å²) in [5.41, 5.74) is 2.36. The minimum Gasteiger partial charge on any atom is -0.494 e. The quantitative estimate of drug-likeness (QED) is 0.803. The van der Waals surface area contributed by atoms with Crippen molar-refractivity contribution in [2.45, 2.75) is 6.92 Å². The van der Waals surface area contributed by atoms with Crippen LogP contribution in [-0.2, 0) is 9.84 Å². The first kappa shape index (κ1) is 18.0. The van der Waals surface area contributed by atoms with E-state index in [0.717, 1.165) is 23.8 Å². The Hall–Kier alpha value is -2.07. The Kier molecular flexibility index (Phi) is 7.40. The highest BCUT2D eigenvalue weighted by Crippen LogP contribution is 2.15. The molecule has 0 aliphatic carbocycles. The molecule has 0 aliphatic heterocycles. The van der Waals surface area contributed by atoms with Gasteiger partial charge >= 0.3 is 0 Å². The second-order valence-corrected chi connectivity index (χ2v) is 7.18. The molecule has 0 spiro atoms. The fourth-order valence-corrected chi connectivity index (χ4v) is 1.63. The topological polar surface area (TPSA) is 43.4 Å². The van der Waals surface area contributed by atoms with E-state index in [0.29, 0.717) is 6.61 Å². The Bertz CT molecular complexity index is 681. The first-order chi connectivity index (χ1) is 10.4. The molecule has 118 valence electrons. The van der Waals surface area contributed by atoms with Gasteiger partial charge in [0.25, 0.3) is 0 Å². The van der Waals surface area contributed by atoms with E-state index >= 15 is 0 Å². The van der Waals surface area contributed by atoms with Crippen LogP contribution < -0.4 is 4.74 Å². The molecule has 2 rings (SSSR count). The lowest BCUT2D eigenvalue weighted by molar-refractivity contribution is 0.340. The van der Waals surface area contributed by atoms with Crippen molar-refractivity contribution in [3.8, 4) is 5.75 Å². The first-order valence-electron chi connectivity index (χ1n) is 6.99. The smallest absolute Gasteiger partial charge is 0.144 e. The summed E-state index contributed by atoms with van der Waals surface area (Å²) in [5.74, 6) is 0.919. The summed E-state index contributed by atoms with van der Waals surface area (Å²) in [4.78, 5) is 0. The van der Waals surface area contributed by atoms with Gasteiger partial charge in [-0.05, 0) is 30.2 Å². The van der Waals surface area contributed by atoms with E-state index < -0.39 is 9.84 Å². The van der Waals surface area contributed by atoms with Gasteiger partial charge in [-0.3, -0.25) is 0 Å². The predicted octanol–water partition coefficient (Wildman–Crippen LogP) is 3.92. The zero-order chi connectivity index (χ0) is 16.4. The highest BCUT2D eigenvalue weighted by atomic mass is 32.2. The Labute approximate surface area is 133 Å². The standard InChI is InChI=1S/C16H16O.C2H6O2S/c1-2-17-16-10-6-9-15(13-16)12-11-14-7-4-3-5-8-14;1-5(2,3)4/h3-13H,2H2,1H3;1-2H3/b12-11+;. The van der Waals surface area contributed by atoms with Crippen LogP contribution in [-0.4, -0.2) is 27.5 Å². The zero-order valence-electron chi connectivity index (χ0n) is 13.2. The van der Waals surface area contributed by atoms with Crippen molar-refractivity contribution in [2.24, 2.45) is 0 Å². The average Bonchev–Trinajstić information content (AvgIpc) is 2.45. The maximum Gasteiger partial charge on any atom is 0.144 e. The third-order valence-electron chi connectivity index (χ3n) is 2.44. The summed E-state index contributed by atoms with van der Waals surface area (Å²) in [5, 5.41) is 0. The SMILES string of the molecule is CCOc1cccc(/C=C/c2ccccc2)c1.CS(C)(=O)=O. The van der Waals surface area contributed by atoms with Gasteiger partial charge in [0.05, 0.1) is 6.61 Å². The average molecular weight is 318 g/mol. The fourth-order valence-electron chi connectivity index (χ4n) is 1.63. The summed E-state index contributed by atoms with van der Waals surface area (Å²) in [7, 11) is -2.67. The number of sulfone groups is 1. The van der Waals surface area contributed by atoms with E-state index in [9.17, 15) is 8.42 Å². The molecule has 0 fully saturated rings. The number of benzene rings is 2. The van der Waals surface area contributed by atoms with Crippen molar-refractivity contribution in [2.75, 3.05) is 19.1 Å². The van der Waals surface area contributed by atoms with Gasteiger partial charge in [0.15, 0.2) is 0 Å². The normalized spacial score (nSPS) is 10.9. The zero-order valence-corrected chi connectivity index (χ0v) is 14.0. The number of ether oxygens (including phenoxy) is 1. The van der Waals surface area contributed by atoms with Crippen LogP contribution in [0.4, 0.5) is 0 Å². The molecule has 0 saturated carbocycles. The molecule has 0 atom stereocenters. The van der Waals surface area contributed by atoms with Gasteiger partial charge in [0.2, 0.25) is 0 Å². The molecule has 0 amide bonds. The fraction of sp³-hybridized carbons (Fsp3) is 0.222. The van der Waals surface area contributed by atoms with Crippen molar-refractivity contribution in [1.29, 1.82) is 0 Å². The van der Waals surface area contributed by atoms with Crippen LogP contribution in [0.15, 0.2) is 54.6 Å². The van der Waals surface area contributed by atoms with Gasteiger partial charge in [0.1, 0.15) is 15.6 Å². The van der Waals surface area contributed by atoms with Gasteiger partial charge in [0, 0.05) is 12.5 Å². The molecule has 0 bridgehead atoms. The Morgan fingerprint density at radius 3 is 2.05 bits per heavy atom. The van der Waals surface area contributed by atoms with E-state index in [1.54, 1.807) is 0 Å². The molecule has 22 heavy (non-hydrogen) atoms. The molecular formula is C18H22O3S. The lowest BCUT2D eigenvalue weighted by Crippen LogP contribution is -1.90. The molecule has 0 N–H and O–H groups in total. The van der Waals surface area contributed by atoms with Gasteiger partial charge in [-0.2, -0.15) is 0 Å². The van der Waals surface area contributed by atoms with E-state index in [4.69, 9.17) is 4.74 Å². The lowest BCUT2D eigenvalue weighted by Gasteiger charge is -2.03. The maximum atomic E-state index is 9.63. The van der Waals surface area contributed by atoms with Gasteiger partial charge in [-0.25, -0.2) is 8.42 Å². The minimum atomic E-state index is -2.67. The van der Waals surface area contributed by atoms with Crippen molar-refractivity contribution < 1.29 is 13.2 Å². The Morgan fingerprint density at radius 1 is 0.909 bits per heavy atom. The Morgan fingerprint density at radius 2 is 1.45 bits per heavy atom. The van der Waals surface area contributed by atoms with Crippen LogP contribution in [0.25, 0.3) is 12.2 Å². The summed E-state index contributed by atoms with van der Waals surface area (Å²) >= 11 is 0. The van der Waals surface area contributed by atoms with Crippen LogP contribution >= 0.6 is 0 Å². The van der Waals surface area contributed by atoms with Crippen LogP contribution in [0, 0.1) is 0 Å². The molecule has 2 aromatic rings. The molecule has 0 saturated heterocycles. The molecular weight excluding hydrogens is 296 g/mol. The third-order valence-corrected chi connectivity index (χ3v) is 2.44.